The number of nitriles is 1. The van der Waals surface area contributed by atoms with Crippen LogP contribution in [0.1, 0.15) is 22.8 Å². The minimum atomic E-state index is -0.282. The fourth-order valence-electron chi connectivity index (χ4n) is 1.29. The summed E-state index contributed by atoms with van der Waals surface area (Å²) in [6.07, 6.45) is 3.47. The zero-order valence-corrected chi connectivity index (χ0v) is 9.53. The second-order valence-electron chi connectivity index (χ2n) is 3.33. The molecular weight excluding hydrogens is 214 g/mol. The maximum Gasteiger partial charge on any atom is 0.252 e. The molecule has 0 aromatic heterocycles. The van der Waals surface area contributed by atoms with Crippen molar-refractivity contribution in [3.05, 3.63) is 47.5 Å². The quantitative estimate of drug-likeness (QED) is 0.608. The van der Waals surface area contributed by atoms with Gasteiger partial charge in [0.05, 0.1) is 11.8 Å². The van der Waals surface area contributed by atoms with E-state index in [9.17, 15) is 4.79 Å². The highest BCUT2D eigenvalue weighted by molar-refractivity contribution is 6.07. The molecule has 17 heavy (non-hydrogen) atoms. The van der Waals surface area contributed by atoms with E-state index in [4.69, 9.17) is 10.7 Å². The van der Waals surface area contributed by atoms with Crippen molar-refractivity contribution >= 4 is 11.6 Å². The Hall–Kier alpha value is -2.41. The largest absolute Gasteiger partial charge is 0.339 e. The Morgan fingerprint density at radius 1 is 1.41 bits per heavy atom. The highest BCUT2D eigenvalue weighted by Crippen LogP contribution is 2.06. The molecule has 0 heterocycles. The van der Waals surface area contributed by atoms with Gasteiger partial charge in [-0.2, -0.15) is 5.26 Å². The lowest BCUT2D eigenvalue weighted by Crippen LogP contribution is -2.23. The first-order chi connectivity index (χ1) is 8.19. The van der Waals surface area contributed by atoms with Crippen LogP contribution in [0.15, 0.2) is 36.4 Å². The molecule has 1 aromatic carbocycles. The molecule has 0 spiro atoms. The molecule has 0 saturated carbocycles. The summed E-state index contributed by atoms with van der Waals surface area (Å²) in [6.45, 7) is 1.84. The standard InChI is InChI=1S/C13H13N3O/c1-2-3-12(15)10-4-6-11(7-5-10)13(17)16-9-8-14/h2-7,15H,9H2,1H3,(H,16,17)/b3-2-,15-12?. The Morgan fingerprint density at radius 3 is 2.53 bits per heavy atom. The van der Waals surface area contributed by atoms with Crippen molar-refractivity contribution in [2.75, 3.05) is 6.54 Å². The van der Waals surface area contributed by atoms with Crippen LogP contribution in [0.25, 0.3) is 0 Å². The zero-order chi connectivity index (χ0) is 12.7. The molecule has 0 atom stereocenters. The van der Waals surface area contributed by atoms with E-state index in [1.807, 2.05) is 13.0 Å². The fourth-order valence-corrected chi connectivity index (χ4v) is 1.29. The van der Waals surface area contributed by atoms with Crippen molar-refractivity contribution in [3.63, 3.8) is 0 Å². The van der Waals surface area contributed by atoms with E-state index < -0.39 is 0 Å². The number of hydrogen-bond acceptors (Lipinski definition) is 3. The molecular formula is C13H13N3O. The molecule has 0 bridgehead atoms. The van der Waals surface area contributed by atoms with E-state index in [0.29, 0.717) is 11.3 Å². The number of rotatable bonds is 4. The number of amides is 1. The van der Waals surface area contributed by atoms with Crippen LogP contribution < -0.4 is 5.32 Å². The number of allylic oxidation sites excluding steroid dienone is 2. The number of benzene rings is 1. The van der Waals surface area contributed by atoms with Crippen LogP contribution in [0.5, 0.6) is 0 Å². The van der Waals surface area contributed by atoms with E-state index >= 15 is 0 Å². The van der Waals surface area contributed by atoms with Gasteiger partial charge in [0.15, 0.2) is 0 Å². The highest BCUT2D eigenvalue weighted by atomic mass is 16.1. The first-order valence-corrected chi connectivity index (χ1v) is 5.16. The molecule has 0 aliphatic carbocycles. The van der Waals surface area contributed by atoms with Gasteiger partial charge in [0.2, 0.25) is 0 Å². The molecule has 0 saturated heterocycles. The molecule has 4 nitrogen and oxygen atoms in total. The highest BCUT2D eigenvalue weighted by Gasteiger charge is 2.04. The van der Waals surface area contributed by atoms with Gasteiger partial charge < -0.3 is 10.7 Å². The normalized spacial score (nSPS) is 9.88. The molecule has 1 aromatic rings. The number of carbonyl (C=O) groups excluding carboxylic acids is 1. The smallest absolute Gasteiger partial charge is 0.252 e. The monoisotopic (exact) mass is 227 g/mol. The Balaban J connectivity index is 2.78. The van der Waals surface area contributed by atoms with E-state index in [1.54, 1.807) is 36.4 Å². The van der Waals surface area contributed by atoms with Gasteiger partial charge in [-0.25, -0.2) is 0 Å². The number of nitrogens with zero attached hydrogens (tertiary/aromatic N) is 1. The van der Waals surface area contributed by atoms with Gasteiger partial charge in [0.1, 0.15) is 6.54 Å². The summed E-state index contributed by atoms with van der Waals surface area (Å²) in [5, 5.41) is 18.5. The van der Waals surface area contributed by atoms with E-state index in [2.05, 4.69) is 5.32 Å². The molecule has 0 aliphatic heterocycles. The lowest BCUT2D eigenvalue weighted by molar-refractivity contribution is 0.0958. The number of hydrogen-bond donors (Lipinski definition) is 2. The summed E-state index contributed by atoms with van der Waals surface area (Å²) in [4.78, 5) is 11.5. The molecule has 1 rings (SSSR count). The molecule has 86 valence electrons. The third-order valence-electron chi connectivity index (χ3n) is 2.12. The van der Waals surface area contributed by atoms with Crippen molar-refractivity contribution in [2.24, 2.45) is 0 Å². The van der Waals surface area contributed by atoms with Crippen LogP contribution in [-0.2, 0) is 0 Å². The molecule has 1 amide bonds. The van der Waals surface area contributed by atoms with Crippen molar-refractivity contribution < 1.29 is 4.79 Å². The first kappa shape index (κ1) is 12.7. The maximum absolute atomic E-state index is 11.5. The van der Waals surface area contributed by atoms with Gasteiger partial charge in [-0.3, -0.25) is 4.79 Å². The van der Waals surface area contributed by atoms with Crippen LogP contribution >= 0.6 is 0 Å². The number of carbonyl (C=O) groups is 1. The SMILES string of the molecule is C/C=C\C(=N)c1ccc(C(=O)NCC#N)cc1. The van der Waals surface area contributed by atoms with Crippen LogP contribution in [0.4, 0.5) is 0 Å². The van der Waals surface area contributed by atoms with Crippen molar-refractivity contribution in [2.45, 2.75) is 6.92 Å². The fraction of sp³-hybridized carbons (Fsp3) is 0.154. The van der Waals surface area contributed by atoms with Crippen LogP contribution in [0, 0.1) is 16.7 Å². The third-order valence-corrected chi connectivity index (χ3v) is 2.12. The number of nitrogens with one attached hydrogen (secondary N) is 2. The molecule has 0 fully saturated rings. The van der Waals surface area contributed by atoms with Crippen molar-refractivity contribution in [3.8, 4) is 6.07 Å². The zero-order valence-electron chi connectivity index (χ0n) is 9.53. The summed E-state index contributed by atoms with van der Waals surface area (Å²) >= 11 is 0. The van der Waals surface area contributed by atoms with Gasteiger partial charge in [-0.1, -0.05) is 18.2 Å². The van der Waals surface area contributed by atoms with Crippen LogP contribution in [-0.4, -0.2) is 18.2 Å². The summed E-state index contributed by atoms with van der Waals surface area (Å²) in [5.74, 6) is -0.282. The summed E-state index contributed by atoms with van der Waals surface area (Å²) in [5.41, 5.74) is 1.63. The van der Waals surface area contributed by atoms with E-state index in [0.717, 1.165) is 5.56 Å². The molecule has 0 aliphatic rings. The molecule has 4 heteroatoms. The third kappa shape index (κ3) is 3.58. The van der Waals surface area contributed by atoms with Gasteiger partial charge in [0.25, 0.3) is 5.91 Å². The van der Waals surface area contributed by atoms with Crippen LogP contribution in [0.3, 0.4) is 0 Å². The van der Waals surface area contributed by atoms with Gasteiger partial charge in [-0.05, 0) is 30.7 Å². The second kappa shape index (κ2) is 6.23. The Labute approximate surface area is 100 Å². The van der Waals surface area contributed by atoms with Gasteiger partial charge in [-0.15, -0.1) is 0 Å². The van der Waals surface area contributed by atoms with Crippen LogP contribution in [0.2, 0.25) is 0 Å². The van der Waals surface area contributed by atoms with E-state index in [1.165, 1.54) is 0 Å². The Kier molecular flexibility index (Phi) is 4.64. The predicted molar refractivity (Wildman–Crippen MR) is 66.0 cm³/mol. The topological polar surface area (TPSA) is 76.7 Å². The van der Waals surface area contributed by atoms with E-state index in [-0.39, 0.29) is 12.5 Å². The molecule has 0 radical (unpaired) electrons. The van der Waals surface area contributed by atoms with Crippen molar-refractivity contribution in [1.82, 2.24) is 5.32 Å². The first-order valence-electron chi connectivity index (χ1n) is 5.16. The van der Waals surface area contributed by atoms with Gasteiger partial charge >= 0.3 is 0 Å². The van der Waals surface area contributed by atoms with Gasteiger partial charge in [0, 0.05) is 5.56 Å². The lowest BCUT2D eigenvalue weighted by atomic mass is 10.1. The predicted octanol–water partition coefficient (Wildman–Crippen LogP) is 1.88. The molecule has 2 N–H and O–H groups in total. The summed E-state index contributed by atoms with van der Waals surface area (Å²) in [6, 6.07) is 8.54. The summed E-state index contributed by atoms with van der Waals surface area (Å²) < 4.78 is 0. The second-order valence-corrected chi connectivity index (χ2v) is 3.33. The average Bonchev–Trinajstić information content (AvgIpc) is 2.36. The molecule has 0 unspecified atom stereocenters. The average molecular weight is 227 g/mol. The lowest BCUT2D eigenvalue weighted by Gasteiger charge is -2.03. The minimum absolute atomic E-state index is 0.00498. The summed E-state index contributed by atoms with van der Waals surface area (Å²) in [7, 11) is 0. The Morgan fingerprint density at radius 2 is 2.00 bits per heavy atom. The Bertz CT molecular complexity index is 480. The minimum Gasteiger partial charge on any atom is -0.339 e. The van der Waals surface area contributed by atoms with Crippen molar-refractivity contribution in [1.29, 1.82) is 10.7 Å². The maximum atomic E-state index is 11.5.